The van der Waals surface area contributed by atoms with Crippen molar-refractivity contribution in [2.75, 3.05) is 0 Å². The van der Waals surface area contributed by atoms with Crippen LogP contribution in [0.5, 0.6) is 0 Å². The minimum atomic E-state index is -0.373. The molecular weight excluding hydrogens is 266 g/mol. The van der Waals surface area contributed by atoms with Gasteiger partial charge in [0, 0.05) is 17.4 Å². The summed E-state index contributed by atoms with van der Waals surface area (Å²) in [4.78, 5) is 23.9. The van der Waals surface area contributed by atoms with Crippen LogP contribution in [0.1, 0.15) is 60.3 Å². The molecular formula is C17H29NO3. The molecule has 1 rings (SSSR count). The van der Waals surface area contributed by atoms with Gasteiger partial charge in [0.1, 0.15) is 11.9 Å². The Kier molecular flexibility index (Phi) is 6.43. The van der Waals surface area contributed by atoms with E-state index in [-0.39, 0.29) is 29.6 Å². The van der Waals surface area contributed by atoms with Crippen LogP contribution in [0.3, 0.4) is 0 Å². The van der Waals surface area contributed by atoms with Gasteiger partial charge >= 0.3 is 6.09 Å². The van der Waals surface area contributed by atoms with E-state index in [1.165, 1.54) is 0 Å². The van der Waals surface area contributed by atoms with Gasteiger partial charge in [-0.25, -0.2) is 4.79 Å². The Balaban J connectivity index is 2.55. The fourth-order valence-electron chi connectivity index (χ4n) is 2.53. The van der Waals surface area contributed by atoms with E-state index in [1.807, 2.05) is 46.8 Å². The van der Waals surface area contributed by atoms with Gasteiger partial charge in [0.2, 0.25) is 0 Å². The summed E-state index contributed by atoms with van der Waals surface area (Å²) in [5.41, 5.74) is -0.287. The van der Waals surface area contributed by atoms with Crippen molar-refractivity contribution in [1.82, 2.24) is 5.32 Å². The Morgan fingerprint density at radius 1 is 1.24 bits per heavy atom. The van der Waals surface area contributed by atoms with Crippen LogP contribution in [0.25, 0.3) is 0 Å². The second kappa shape index (κ2) is 7.62. The van der Waals surface area contributed by atoms with Crippen molar-refractivity contribution < 1.29 is 14.3 Å². The van der Waals surface area contributed by atoms with Crippen molar-refractivity contribution in [3.05, 3.63) is 12.2 Å². The summed E-state index contributed by atoms with van der Waals surface area (Å²) in [6.45, 7) is 9.72. The van der Waals surface area contributed by atoms with E-state index < -0.39 is 0 Å². The Morgan fingerprint density at radius 2 is 1.90 bits per heavy atom. The number of carbonyl (C=O) groups excluding carboxylic acids is 2. The highest BCUT2D eigenvalue weighted by atomic mass is 16.6. The second-order valence-corrected chi connectivity index (χ2v) is 7.15. The lowest BCUT2D eigenvalue weighted by molar-refractivity contribution is -0.130. The minimum absolute atomic E-state index is 0.0730. The molecule has 2 atom stereocenters. The van der Waals surface area contributed by atoms with Crippen LogP contribution in [0.4, 0.5) is 4.79 Å². The number of hydrogen-bond acceptors (Lipinski definition) is 3. The monoisotopic (exact) mass is 295 g/mol. The predicted molar refractivity (Wildman–Crippen MR) is 84.1 cm³/mol. The van der Waals surface area contributed by atoms with Gasteiger partial charge in [-0.3, -0.25) is 4.79 Å². The zero-order valence-corrected chi connectivity index (χ0v) is 13.9. The molecule has 1 amide bonds. The predicted octanol–water partition coefficient (Wildman–Crippen LogP) is 3.85. The molecule has 2 unspecified atom stereocenters. The largest absolute Gasteiger partial charge is 0.442 e. The summed E-state index contributed by atoms with van der Waals surface area (Å²) in [6.07, 6.45) is 6.63. The first-order valence-corrected chi connectivity index (χ1v) is 7.88. The molecule has 0 saturated heterocycles. The van der Waals surface area contributed by atoms with Crippen LogP contribution in [-0.4, -0.2) is 24.0 Å². The molecule has 0 aromatic rings. The highest BCUT2D eigenvalue weighted by molar-refractivity contribution is 5.86. The molecule has 0 aromatic carbocycles. The van der Waals surface area contributed by atoms with E-state index >= 15 is 0 Å². The third kappa shape index (κ3) is 6.32. The summed E-state index contributed by atoms with van der Waals surface area (Å²) >= 11 is 0. The zero-order valence-electron chi connectivity index (χ0n) is 13.9. The number of Topliss-reactive ketones (excluding diaryl/α,β-unsaturated/α-hetero) is 1. The topological polar surface area (TPSA) is 55.4 Å². The molecule has 1 aliphatic carbocycles. The van der Waals surface area contributed by atoms with Crippen LogP contribution < -0.4 is 5.32 Å². The minimum Gasteiger partial charge on any atom is -0.442 e. The highest BCUT2D eigenvalue weighted by Gasteiger charge is 2.29. The molecule has 120 valence electrons. The van der Waals surface area contributed by atoms with E-state index in [9.17, 15) is 9.59 Å². The molecule has 0 bridgehead atoms. The standard InChI is InChI=1S/C17H29NO3/c1-12(2)18-16(20)21-14-10-6-8-13(9-7-11-14)15(19)17(3,4)5/h6,10,12-14H,7-9,11H2,1-5H3,(H,18,20)/b10-6+. The van der Waals surface area contributed by atoms with Gasteiger partial charge in [-0.2, -0.15) is 0 Å². The Hall–Kier alpha value is -1.32. The molecule has 0 heterocycles. The lowest BCUT2D eigenvalue weighted by Crippen LogP contribution is -2.34. The number of ether oxygens (including phenoxy) is 1. The maximum Gasteiger partial charge on any atom is 0.407 e. The lowest BCUT2D eigenvalue weighted by Gasteiger charge is -2.26. The third-order valence-electron chi connectivity index (χ3n) is 3.59. The average molecular weight is 295 g/mol. The molecule has 21 heavy (non-hydrogen) atoms. The smallest absolute Gasteiger partial charge is 0.407 e. The number of carbonyl (C=O) groups is 2. The molecule has 1 N–H and O–H groups in total. The summed E-state index contributed by atoms with van der Waals surface area (Å²) in [5.74, 6) is 0.413. The van der Waals surface area contributed by atoms with Crippen molar-refractivity contribution in [2.45, 2.75) is 72.4 Å². The van der Waals surface area contributed by atoms with Gasteiger partial charge in [0.25, 0.3) is 0 Å². The number of ketones is 1. The highest BCUT2D eigenvalue weighted by Crippen LogP contribution is 2.28. The number of alkyl carbamates (subject to hydrolysis) is 1. The van der Waals surface area contributed by atoms with Crippen molar-refractivity contribution in [1.29, 1.82) is 0 Å². The van der Waals surface area contributed by atoms with E-state index in [2.05, 4.69) is 5.32 Å². The molecule has 4 heteroatoms. The van der Waals surface area contributed by atoms with Crippen LogP contribution in [0, 0.1) is 11.3 Å². The maximum atomic E-state index is 12.3. The molecule has 1 aliphatic rings. The van der Waals surface area contributed by atoms with Gasteiger partial charge in [-0.05, 0) is 45.6 Å². The van der Waals surface area contributed by atoms with Crippen LogP contribution in [-0.2, 0) is 9.53 Å². The number of hydrogen-bond donors (Lipinski definition) is 1. The van der Waals surface area contributed by atoms with Gasteiger partial charge in [0.05, 0.1) is 0 Å². The molecule has 0 aromatic heterocycles. The van der Waals surface area contributed by atoms with E-state index in [4.69, 9.17) is 4.74 Å². The van der Waals surface area contributed by atoms with Crippen LogP contribution >= 0.6 is 0 Å². The first kappa shape index (κ1) is 17.7. The first-order chi connectivity index (χ1) is 9.70. The lowest BCUT2D eigenvalue weighted by atomic mass is 9.78. The van der Waals surface area contributed by atoms with Gasteiger partial charge in [0.15, 0.2) is 0 Å². The second-order valence-electron chi connectivity index (χ2n) is 7.15. The average Bonchev–Trinajstić information content (AvgIpc) is 2.29. The Labute approximate surface area is 128 Å². The summed E-state index contributed by atoms with van der Waals surface area (Å²) in [5, 5.41) is 2.72. The zero-order chi connectivity index (χ0) is 16.0. The molecule has 0 fully saturated rings. The number of rotatable bonds is 3. The number of allylic oxidation sites excluding steroid dienone is 1. The first-order valence-electron chi connectivity index (χ1n) is 7.88. The normalized spacial score (nSPS) is 24.9. The third-order valence-corrected chi connectivity index (χ3v) is 3.59. The quantitative estimate of drug-likeness (QED) is 0.805. The van der Waals surface area contributed by atoms with Crippen molar-refractivity contribution in [3.8, 4) is 0 Å². The Morgan fingerprint density at radius 3 is 2.48 bits per heavy atom. The molecule has 0 radical (unpaired) electrons. The van der Waals surface area contributed by atoms with Gasteiger partial charge in [-0.1, -0.05) is 26.8 Å². The van der Waals surface area contributed by atoms with Crippen molar-refractivity contribution in [3.63, 3.8) is 0 Å². The molecule has 0 spiro atoms. The fraction of sp³-hybridized carbons (Fsp3) is 0.765. The van der Waals surface area contributed by atoms with E-state index in [1.54, 1.807) is 0 Å². The molecule has 4 nitrogen and oxygen atoms in total. The number of nitrogens with one attached hydrogen (secondary N) is 1. The van der Waals surface area contributed by atoms with Crippen LogP contribution in [0.2, 0.25) is 0 Å². The van der Waals surface area contributed by atoms with Gasteiger partial charge in [-0.15, -0.1) is 0 Å². The van der Waals surface area contributed by atoms with Crippen LogP contribution in [0.15, 0.2) is 12.2 Å². The van der Waals surface area contributed by atoms with E-state index in [0.29, 0.717) is 5.78 Å². The summed E-state index contributed by atoms with van der Waals surface area (Å²) < 4.78 is 5.38. The van der Waals surface area contributed by atoms with Crippen molar-refractivity contribution >= 4 is 11.9 Å². The maximum absolute atomic E-state index is 12.3. The van der Waals surface area contributed by atoms with Crippen molar-refractivity contribution in [2.24, 2.45) is 11.3 Å². The SMILES string of the molecule is CC(C)NC(=O)OC1/C=C/CC(C(=O)C(C)(C)C)CCC1. The number of amides is 1. The summed E-state index contributed by atoms with van der Waals surface area (Å²) in [7, 11) is 0. The van der Waals surface area contributed by atoms with Gasteiger partial charge < -0.3 is 10.1 Å². The summed E-state index contributed by atoms with van der Waals surface area (Å²) in [6, 6.07) is 0.0730. The van der Waals surface area contributed by atoms with E-state index in [0.717, 1.165) is 25.7 Å². The molecule has 0 aliphatic heterocycles. The Bertz CT molecular complexity index is 393. The molecule has 0 saturated carbocycles. The fourth-order valence-corrected chi connectivity index (χ4v) is 2.53.